The molecule has 2 heterocycles. The first-order chi connectivity index (χ1) is 11.1. The molecule has 2 aliphatic heterocycles. The van der Waals surface area contributed by atoms with E-state index in [1.165, 1.54) is 0 Å². The Labute approximate surface area is 136 Å². The van der Waals surface area contributed by atoms with Gasteiger partial charge in [0.05, 0.1) is 13.2 Å². The quantitative estimate of drug-likeness (QED) is 0.817. The van der Waals surface area contributed by atoms with Crippen LogP contribution in [0.25, 0.3) is 0 Å². The number of likely N-dealkylation sites (N-methyl/N-ethyl adjacent to an activating group) is 1. The van der Waals surface area contributed by atoms with Crippen LogP contribution in [0.1, 0.15) is 16.8 Å². The summed E-state index contributed by atoms with van der Waals surface area (Å²) < 4.78 is 10.8. The number of carbonyl (C=O) groups excluding carboxylic acids is 2. The lowest BCUT2D eigenvalue weighted by molar-refractivity contribution is -0.133. The van der Waals surface area contributed by atoms with Crippen molar-refractivity contribution in [2.24, 2.45) is 5.92 Å². The number of hydrogen-bond acceptors (Lipinski definition) is 4. The Kier molecular flexibility index (Phi) is 4.52. The molecule has 0 unspecified atom stereocenters. The molecule has 3 rings (SSSR count). The van der Waals surface area contributed by atoms with E-state index in [0.717, 1.165) is 12.2 Å². The minimum Gasteiger partial charge on any atom is -0.497 e. The summed E-state index contributed by atoms with van der Waals surface area (Å²) in [4.78, 5) is 28.0. The summed E-state index contributed by atoms with van der Waals surface area (Å²) in [6.07, 6.45) is 0.831. The molecule has 0 spiro atoms. The summed E-state index contributed by atoms with van der Waals surface area (Å²) >= 11 is 0. The van der Waals surface area contributed by atoms with E-state index in [4.69, 9.17) is 9.47 Å². The minimum absolute atomic E-state index is 0.00688. The first-order valence-corrected chi connectivity index (χ1v) is 7.87. The number of rotatable bonds is 2. The number of hydrogen-bond donors (Lipinski definition) is 0. The van der Waals surface area contributed by atoms with Gasteiger partial charge in [-0.1, -0.05) is 0 Å². The van der Waals surface area contributed by atoms with Crippen LogP contribution in [0.4, 0.5) is 0 Å². The Bertz CT molecular complexity index is 587. The zero-order valence-electron chi connectivity index (χ0n) is 13.5. The van der Waals surface area contributed by atoms with Gasteiger partial charge in [0.2, 0.25) is 5.91 Å². The van der Waals surface area contributed by atoms with Crippen molar-refractivity contribution in [1.82, 2.24) is 9.80 Å². The summed E-state index contributed by atoms with van der Waals surface area (Å²) in [6.45, 7) is 2.05. The summed E-state index contributed by atoms with van der Waals surface area (Å²) in [5.41, 5.74) is 0.656. The fraction of sp³-hybridized carbons (Fsp3) is 0.529. The minimum atomic E-state index is 0.00688. The highest BCUT2D eigenvalue weighted by molar-refractivity contribution is 5.94. The SMILES string of the molecule is COc1ccc(C(=O)N2CC[C@@H]3OCC(=O)N(C)C[C@H]3C2)cc1. The van der Waals surface area contributed by atoms with Crippen LogP contribution >= 0.6 is 0 Å². The maximum atomic E-state index is 12.7. The highest BCUT2D eigenvalue weighted by Gasteiger charge is 2.36. The topological polar surface area (TPSA) is 59.1 Å². The van der Waals surface area contributed by atoms with Gasteiger partial charge in [-0.3, -0.25) is 9.59 Å². The first kappa shape index (κ1) is 15.8. The summed E-state index contributed by atoms with van der Waals surface area (Å²) in [5, 5.41) is 0. The van der Waals surface area contributed by atoms with Crippen molar-refractivity contribution in [3.05, 3.63) is 29.8 Å². The van der Waals surface area contributed by atoms with Crippen molar-refractivity contribution < 1.29 is 19.1 Å². The van der Waals surface area contributed by atoms with Crippen LogP contribution in [0, 0.1) is 5.92 Å². The standard InChI is InChI=1S/C17H22N2O4/c1-18-9-13-10-19(8-7-15(13)23-11-16(18)20)17(21)12-3-5-14(22-2)6-4-12/h3-6,13,15H,7-11H2,1-2H3/t13-,15-/m0/s1. The fourth-order valence-corrected chi connectivity index (χ4v) is 3.25. The Hall–Kier alpha value is -2.08. The van der Waals surface area contributed by atoms with E-state index in [1.807, 2.05) is 4.90 Å². The van der Waals surface area contributed by atoms with Gasteiger partial charge >= 0.3 is 0 Å². The molecule has 1 aromatic rings. The number of ether oxygens (including phenoxy) is 2. The normalized spacial score (nSPS) is 24.9. The average Bonchev–Trinajstić information content (AvgIpc) is 2.73. The van der Waals surface area contributed by atoms with Gasteiger partial charge in [0, 0.05) is 38.2 Å². The molecule has 0 radical (unpaired) electrons. The molecule has 0 N–H and O–H groups in total. The first-order valence-electron chi connectivity index (χ1n) is 7.87. The van der Waals surface area contributed by atoms with E-state index in [-0.39, 0.29) is 30.4 Å². The molecule has 124 valence electrons. The van der Waals surface area contributed by atoms with Gasteiger partial charge in [-0.15, -0.1) is 0 Å². The molecule has 0 bridgehead atoms. The van der Waals surface area contributed by atoms with Gasteiger partial charge in [-0.25, -0.2) is 0 Å². The number of methoxy groups -OCH3 is 1. The molecule has 2 amide bonds. The molecule has 0 aromatic heterocycles. The predicted octanol–water partition coefficient (Wildman–Crippen LogP) is 1.01. The zero-order chi connectivity index (χ0) is 16.4. The van der Waals surface area contributed by atoms with Gasteiger partial charge in [-0.05, 0) is 30.7 Å². The lowest BCUT2D eigenvalue weighted by atomic mass is 9.93. The molecular weight excluding hydrogens is 296 g/mol. The largest absolute Gasteiger partial charge is 0.497 e. The highest BCUT2D eigenvalue weighted by Crippen LogP contribution is 2.25. The maximum Gasteiger partial charge on any atom is 0.253 e. The average molecular weight is 318 g/mol. The Morgan fingerprint density at radius 3 is 2.70 bits per heavy atom. The molecule has 6 nitrogen and oxygen atoms in total. The Morgan fingerprint density at radius 2 is 2.00 bits per heavy atom. The number of carbonyl (C=O) groups is 2. The van der Waals surface area contributed by atoms with Gasteiger partial charge < -0.3 is 19.3 Å². The van der Waals surface area contributed by atoms with E-state index >= 15 is 0 Å². The Balaban J connectivity index is 1.69. The number of fused-ring (bicyclic) bond motifs is 1. The van der Waals surface area contributed by atoms with E-state index in [2.05, 4.69) is 0 Å². The third-order valence-electron chi connectivity index (χ3n) is 4.64. The van der Waals surface area contributed by atoms with Crippen molar-refractivity contribution in [2.75, 3.05) is 40.4 Å². The van der Waals surface area contributed by atoms with Gasteiger partial charge in [-0.2, -0.15) is 0 Å². The molecule has 2 fully saturated rings. The fourth-order valence-electron chi connectivity index (χ4n) is 3.25. The third kappa shape index (κ3) is 3.32. The molecule has 23 heavy (non-hydrogen) atoms. The number of nitrogens with zero attached hydrogens (tertiary/aromatic N) is 2. The van der Waals surface area contributed by atoms with Gasteiger partial charge in [0.25, 0.3) is 5.91 Å². The van der Waals surface area contributed by atoms with E-state index in [9.17, 15) is 9.59 Å². The van der Waals surface area contributed by atoms with Crippen LogP contribution < -0.4 is 4.74 Å². The lowest BCUT2D eigenvalue weighted by Crippen LogP contribution is -2.48. The molecule has 1 aromatic carbocycles. The maximum absolute atomic E-state index is 12.7. The summed E-state index contributed by atoms with van der Waals surface area (Å²) in [6, 6.07) is 7.15. The monoisotopic (exact) mass is 318 g/mol. The van der Waals surface area contributed by atoms with Crippen LogP contribution in [0.15, 0.2) is 24.3 Å². The molecule has 2 aliphatic rings. The van der Waals surface area contributed by atoms with E-state index in [0.29, 0.717) is 25.2 Å². The molecule has 6 heteroatoms. The van der Waals surface area contributed by atoms with Crippen LogP contribution in [-0.2, 0) is 9.53 Å². The van der Waals surface area contributed by atoms with Gasteiger partial charge in [0.1, 0.15) is 12.4 Å². The zero-order valence-corrected chi connectivity index (χ0v) is 13.5. The second-order valence-electron chi connectivity index (χ2n) is 6.15. The van der Waals surface area contributed by atoms with Crippen molar-refractivity contribution in [3.8, 4) is 5.75 Å². The van der Waals surface area contributed by atoms with Gasteiger partial charge in [0.15, 0.2) is 0 Å². The lowest BCUT2D eigenvalue weighted by Gasteiger charge is -2.37. The molecule has 2 atom stereocenters. The van der Waals surface area contributed by atoms with Crippen molar-refractivity contribution in [3.63, 3.8) is 0 Å². The van der Waals surface area contributed by atoms with Crippen molar-refractivity contribution in [2.45, 2.75) is 12.5 Å². The second kappa shape index (κ2) is 6.58. The van der Waals surface area contributed by atoms with Crippen LogP contribution in [0.2, 0.25) is 0 Å². The number of piperidine rings is 1. The Morgan fingerprint density at radius 1 is 1.26 bits per heavy atom. The van der Waals surface area contributed by atoms with Crippen molar-refractivity contribution >= 4 is 11.8 Å². The smallest absolute Gasteiger partial charge is 0.253 e. The van der Waals surface area contributed by atoms with E-state index < -0.39 is 0 Å². The van der Waals surface area contributed by atoms with Crippen LogP contribution in [0.3, 0.4) is 0 Å². The van der Waals surface area contributed by atoms with Crippen LogP contribution in [0.5, 0.6) is 5.75 Å². The highest BCUT2D eigenvalue weighted by atomic mass is 16.5. The van der Waals surface area contributed by atoms with E-state index in [1.54, 1.807) is 43.3 Å². The molecular formula is C17H22N2O4. The van der Waals surface area contributed by atoms with Crippen molar-refractivity contribution in [1.29, 1.82) is 0 Å². The van der Waals surface area contributed by atoms with Crippen LogP contribution in [-0.4, -0.2) is 68.1 Å². The summed E-state index contributed by atoms with van der Waals surface area (Å²) in [7, 11) is 3.39. The number of benzene rings is 1. The number of amides is 2. The number of likely N-dealkylation sites (tertiary alicyclic amines) is 1. The second-order valence-corrected chi connectivity index (χ2v) is 6.15. The molecule has 0 saturated carbocycles. The third-order valence-corrected chi connectivity index (χ3v) is 4.64. The summed E-state index contributed by atoms with van der Waals surface area (Å²) in [5.74, 6) is 0.928. The predicted molar refractivity (Wildman–Crippen MR) is 84.4 cm³/mol. The molecule has 2 saturated heterocycles. The molecule has 0 aliphatic carbocycles.